The smallest absolute Gasteiger partial charge is 0.263 e. The van der Waals surface area contributed by atoms with Gasteiger partial charge in [-0.25, -0.2) is 13.8 Å². The highest BCUT2D eigenvalue weighted by Crippen LogP contribution is 2.27. The van der Waals surface area contributed by atoms with Gasteiger partial charge in [0.05, 0.1) is 17.7 Å². The Labute approximate surface area is 198 Å². The highest BCUT2D eigenvalue weighted by atomic mass is 35.5. The van der Waals surface area contributed by atoms with Crippen LogP contribution in [-0.4, -0.2) is 32.3 Å². The minimum absolute atomic E-state index is 0.332. The van der Waals surface area contributed by atoms with Crippen LogP contribution in [-0.2, 0) is 14.8 Å². The lowest BCUT2D eigenvalue weighted by Crippen LogP contribution is -2.46. The zero-order valence-electron chi connectivity index (χ0n) is 18.4. The summed E-state index contributed by atoms with van der Waals surface area (Å²) in [6, 6.07) is 21.6. The molecule has 1 N–H and O–H groups in total. The molecule has 7 nitrogen and oxygen atoms in total. The van der Waals surface area contributed by atoms with Crippen molar-refractivity contribution in [3.63, 3.8) is 0 Å². The molecule has 33 heavy (non-hydrogen) atoms. The van der Waals surface area contributed by atoms with Gasteiger partial charge in [0.1, 0.15) is 17.5 Å². The first-order chi connectivity index (χ1) is 15.6. The van der Waals surface area contributed by atoms with Gasteiger partial charge in [-0.3, -0.25) is 9.10 Å². The zero-order valence-corrected chi connectivity index (χ0v) is 20.0. The van der Waals surface area contributed by atoms with Gasteiger partial charge >= 0.3 is 0 Å². The second-order valence-electron chi connectivity index (χ2n) is 7.32. The number of carbonyl (C=O) groups is 1. The average Bonchev–Trinajstić information content (AvgIpc) is 2.78. The van der Waals surface area contributed by atoms with Crippen LogP contribution < -0.4 is 14.5 Å². The van der Waals surface area contributed by atoms with Gasteiger partial charge in [0, 0.05) is 5.02 Å². The maximum Gasteiger partial charge on any atom is 0.263 e. The van der Waals surface area contributed by atoms with E-state index < -0.39 is 22.0 Å². The largest absolute Gasteiger partial charge is 0.457 e. The number of hydrazone groups is 1. The molecule has 9 heteroatoms. The number of anilines is 1. The monoisotopic (exact) mass is 485 g/mol. The first-order valence-electron chi connectivity index (χ1n) is 10.1. The third-order valence-electron chi connectivity index (χ3n) is 4.75. The van der Waals surface area contributed by atoms with Gasteiger partial charge in [0.2, 0.25) is 10.0 Å². The topological polar surface area (TPSA) is 88.1 Å². The number of benzene rings is 3. The Morgan fingerprint density at radius 3 is 2.12 bits per heavy atom. The van der Waals surface area contributed by atoms with Crippen LogP contribution in [0.4, 0.5) is 5.69 Å². The fourth-order valence-corrected chi connectivity index (χ4v) is 4.38. The normalized spacial score (nSPS) is 12.7. The number of rotatable bonds is 8. The zero-order chi connectivity index (χ0) is 24.0. The summed E-state index contributed by atoms with van der Waals surface area (Å²) in [5.41, 5.74) is 4.11. The number of hydrogen-bond acceptors (Lipinski definition) is 5. The Hall–Kier alpha value is -3.36. The van der Waals surface area contributed by atoms with E-state index in [2.05, 4.69) is 10.5 Å². The molecule has 1 atom stereocenters. The molecular formula is C24H24ClN3O4S. The molecule has 0 aliphatic heterocycles. The molecule has 0 radical (unpaired) electrons. The van der Waals surface area contributed by atoms with E-state index in [1.807, 2.05) is 30.3 Å². The van der Waals surface area contributed by atoms with Crippen molar-refractivity contribution in [3.05, 3.63) is 89.4 Å². The number of nitrogens with one attached hydrogen (secondary N) is 1. The van der Waals surface area contributed by atoms with Crippen LogP contribution in [0.1, 0.15) is 19.4 Å². The van der Waals surface area contributed by atoms with Crippen molar-refractivity contribution in [2.24, 2.45) is 5.10 Å². The number of carbonyl (C=O) groups excluding carboxylic acids is 1. The van der Waals surface area contributed by atoms with Crippen LogP contribution in [0.25, 0.3) is 0 Å². The van der Waals surface area contributed by atoms with Gasteiger partial charge in [-0.05, 0) is 67.9 Å². The average molecular weight is 486 g/mol. The maximum atomic E-state index is 12.7. The molecule has 0 spiro atoms. The first kappa shape index (κ1) is 24.3. The Morgan fingerprint density at radius 2 is 1.55 bits per heavy atom. The third kappa shape index (κ3) is 6.57. The predicted octanol–water partition coefficient (Wildman–Crippen LogP) is 4.83. The van der Waals surface area contributed by atoms with Crippen molar-refractivity contribution in [2.45, 2.75) is 19.9 Å². The Kier molecular flexibility index (Phi) is 7.73. The number of nitrogens with zero attached hydrogens (tertiary/aromatic N) is 2. The minimum atomic E-state index is -3.76. The standard InChI is InChI=1S/C24H24ClN3O4S/c1-17(19-9-11-20(25)12-10-19)26-27-24(29)18(2)28(33(3,30)31)21-13-15-23(16-14-21)32-22-7-5-4-6-8-22/h4-16,18H,1-3H3,(H,27,29)/b26-17-/t18-/m1/s1. The molecule has 0 heterocycles. The Bertz CT molecular complexity index is 1230. The van der Waals surface area contributed by atoms with Crippen LogP contribution in [0.15, 0.2) is 84.0 Å². The van der Waals surface area contributed by atoms with Crippen molar-refractivity contribution in [2.75, 3.05) is 10.6 Å². The van der Waals surface area contributed by atoms with Gasteiger partial charge in [0.25, 0.3) is 5.91 Å². The second-order valence-corrected chi connectivity index (χ2v) is 9.62. The van der Waals surface area contributed by atoms with Crippen LogP contribution in [0.2, 0.25) is 5.02 Å². The molecule has 0 fully saturated rings. The van der Waals surface area contributed by atoms with Crippen molar-refractivity contribution in [3.8, 4) is 11.5 Å². The SMILES string of the molecule is C/C(=N/NC(=O)[C@@H](C)N(c1ccc(Oc2ccccc2)cc1)S(C)(=O)=O)c1ccc(Cl)cc1. The molecule has 1 amide bonds. The number of halogens is 1. The predicted molar refractivity (Wildman–Crippen MR) is 132 cm³/mol. The van der Waals surface area contributed by atoms with E-state index in [1.54, 1.807) is 55.5 Å². The van der Waals surface area contributed by atoms with E-state index in [0.29, 0.717) is 27.9 Å². The van der Waals surface area contributed by atoms with Crippen LogP contribution in [0.5, 0.6) is 11.5 Å². The minimum Gasteiger partial charge on any atom is -0.457 e. The fraction of sp³-hybridized carbons (Fsp3) is 0.167. The quantitative estimate of drug-likeness (QED) is 0.365. The summed E-state index contributed by atoms with van der Waals surface area (Å²) < 4.78 is 31.8. The van der Waals surface area contributed by atoms with Crippen LogP contribution in [0, 0.1) is 0 Å². The van der Waals surface area contributed by atoms with Gasteiger partial charge in [0.15, 0.2) is 0 Å². The van der Waals surface area contributed by atoms with Gasteiger partial charge in [-0.15, -0.1) is 0 Å². The summed E-state index contributed by atoms with van der Waals surface area (Å²) in [7, 11) is -3.76. The van der Waals surface area contributed by atoms with E-state index in [9.17, 15) is 13.2 Å². The molecular weight excluding hydrogens is 462 g/mol. The molecule has 0 saturated carbocycles. The van der Waals surface area contributed by atoms with Crippen molar-refractivity contribution in [1.29, 1.82) is 0 Å². The number of ether oxygens (including phenoxy) is 1. The Morgan fingerprint density at radius 1 is 0.970 bits per heavy atom. The van der Waals surface area contributed by atoms with Gasteiger partial charge < -0.3 is 4.74 Å². The Balaban J connectivity index is 1.75. The summed E-state index contributed by atoms with van der Waals surface area (Å²) in [4.78, 5) is 12.7. The lowest BCUT2D eigenvalue weighted by molar-refractivity contribution is -0.121. The summed E-state index contributed by atoms with van der Waals surface area (Å²) in [5, 5.41) is 4.69. The second kappa shape index (κ2) is 10.5. The molecule has 0 aliphatic rings. The van der Waals surface area contributed by atoms with Crippen LogP contribution in [0.3, 0.4) is 0 Å². The van der Waals surface area contributed by atoms with Crippen molar-refractivity contribution in [1.82, 2.24) is 5.43 Å². The van der Waals surface area contributed by atoms with E-state index >= 15 is 0 Å². The molecule has 0 unspecified atom stereocenters. The van der Waals surface area contributed by atoms with Crippen molar-refractivity contribution < 1.29 is 17.9 Å². The summed E-state index contributed by atoms with van der Waals surface area (Å²) in [5.74, 6) is 0.629. The lowest BCUT2D eigenvalue weighted by atomic mass is 10.1. The van der Waals surface area contributed by atoms with Gasteiger partial charge in [-0.2, -0.15) is 5.10 Å². The van der Waals surface area contributed by atoms with E-state index in [0.717, 1.165) is 16.1 Å². The summed E-state index contributed by atoms with van der Waals surface area (Å²) in [6.45, 7) is 3.23. The van der Waals surface area contributed by atoms with Crippen LogP contribution >= 0.6 is 11.6 Å². The number of amides is 1. The number of hydrogen-bond donors (Lipinski definition) is 1. The van der Waals surface area contributed by atoms with E-state index in [1.165, 1.54) is 6.92 Å². The summed E-state index contributed by atoms with van der Waals surface area (Å²) >= 11 is 5.89. The third-order valence-corrected chi connectivity index (χ3v) is 6.25. The molecule has 3 aromatic carbocycles. The lowest BCUT2D eigenvalue weighted by Gasteiger charge is -2.27. The molecule has 3 aromatic rings. The molecule has 3 rings (SSSR count). The van der Waals surface area contributed by atoms with Crippen molar-refractivity contribution >= 4 is 38.9 Å². The van der Waals surface area contributed by atoms with Gasteiger partial charge in [-0.1, -0.05) is 41.9 Å². The molecule has 0 saturated heterocycles. The number of para-hydroxylation sites is 1. The highest BCUT2D eigenvalue weighted by Gasteiger charge is 2.29. The molecule has 0 aromatic heterocycles. The molecule has 0 bridgehead atoms. The first-order valence-corrected chi connectivity index (χ1v) is 12.3. The van der Waals surface area contributed by atoms with E-state index in [4.69, 9.17) is 16.3 Å². The molecule has 172 valence electrons. The fourth-order valence-electron chi connectivity index (χ4n) is 3.08. The summed E-state index contributed by atoms with van der Waals surface area (Å²) in [6.07, 6.45) is 1.05. The van der Waals surface area contributed by atoms with E-state index in [-0.39, 0.29) is 0 Å². The maximum absolute atomic E-state index is 12.7. The molecule has 0 aliphatic carbocycles. The highest BCUT2D eigenvalue weighted by molar-refractivity contribution is 7.92. The number of sulfonamides is 1.